The molecular weight excluding hydrogens is 280 g/mol. The molecule has 0 spiro atoms. The van der Waals surface area contributed by atoms with Crippen molar-refractivity contribution < 1.29 is 4.79 Å². The lowest BCUT2D eigenvalue weighted by Gasteiger charge is -2.25. The molecule has 0 bridgehead atoms. The molecule has 0 saturated heterocycles. The second-order valence-corrected chi connectivity index (χ2v) is 5.56. The summed E-state index contributed by atoms with van der Waals surface area (Å²) in [5, 5.41) is 3.36. The zero-order valence-electron chi connectivity index (χ0n) is 11.4. The molecule has 0 aliphatic carbocycles. The maximum Gasteiger partial charge on any atom is 0.230 e. The quantitative estimate of drug-likeness (QED) is 0.931. The first-order valence-corrected chi connectivity index (χ1v) is 7.72. The summed E-state index contributed by atoms with van der Waals surface area (Å²) in [7, 11) is 0. The number of carbonyl (C=O) groups excluding carboxylic acids is 1. The number of fused-ring (bicyclic) bond motifs is 1. The van der Waals surface area contributed by atoms with Crippen molar-refractivity contribution in [2.45, 2.75) is 13.5 Å². The Morgan fingerprint density at radius 3 is 2.95 bits per heavy atom. The highest BCUT2D eigenvalue weighted by molar-refractivity contribution is 7.98. The molecule has 1 aromatic rings. The minimum absolute atomic E-state index is 0. The summed E-state index contributed by atoms with van der Waals surface area (Å²) >= 11 is 1.73. The van der Waals surface area contributed by atoms with Crippen LogP contribution in [0.5, 0.6) is 0 Å². The first-order valence-electron chi connectivity index (χ1n) is 6.33. The Balaban J connectivity index is 0.00000180. The normalized spacial score (nSPS) is 16.0. The van der Waals surface area contributed by atoms with Gasteiger partial charge in [-0.25, -0.2) is 0 Å². The molecular formula is C14H21ClN2OS. The Bertz CT molecular complexity index is 428. The molecule has 0 radical (unpaired) electrons. The molecule has 1 N–H and O–H groups in total. The molecule has 0 saturated carbocycles. The fourth-order valence-electron chi connectivity index (χ4n) is 2.27. The molecule has 1 atom stereocenters. The van der Waals surface area contributed by atoms with E-state index in [0.717, 1.165) is 31.1 Å². The number of rotatable bonds is 3. The summed E-state index contributed by atoms with van der Waals surface area (Å²) < 4.78 is 0. The highest BCUT2D eigenvalue weighted by atomic mass is 35.5. The summed E-state index contributed by atoms with van der Waals surface area (Å²) in [5.74, 6) is 1.19. The highest BCUT2D eigenvalue weighted by Gasteiger charge is 2.24. The maximum atomic E-state index is 12.5. The van der Waals surface area contributed by atoms with Crippen molar-refractivity contribution in [2.75, 3.05) is 30.0 Å². The molecule has 19 heavy (non-hydrogen) atoms. The average Bonchev–Trinajstić information content (AvgIpc) is 2.60. The molecule has 1 aliphatic rings. The van der Waals surface area contributed by atoms with Crippen molar-refractivity contribution in [2.24, 2.45) is 5.92 Å². The Kier molecular flexibility index (Phi) is 6.69. The standard InChI is InChI=1S/C14H20N2OS.ClH/c1-11(10-18-2)14(17)16-8-7-15-9-12-5-3-4-6-13(12)16;/h3-6,11,15H,7-10H2,1-2H3;1H. The summed E-state index contributed by atoms with van der Waals surface area (Å²) in [6.45, 7) is 4.47. The Hall–Kier alpha value is -0.710. The third-order valence-corrected chi connectivity index (χ3v) is 4.05. The molecule has 106 valence electrons. The Labute approximate surface area is 125 Å². The van der Waals surface area contributed by atoms with Crippen molar-refractivity contribution in [1.82, 2.24) is 5.32 Å². The van der Waals surface area contributed by atoms with Crippen molar-refractivity contribution in [3.8, 4) is 0 Å². The molecule has 3 nitrogen and oxygen atoms in total. The topological polar surface area (TPSA) is 32.3 Å². The maximum absolute atomic E-state index is 12.5. The first-order chi connectivity index (χ1) is 8.74. The van der Waals surface area contributed by atoms with Gasteiger partial charge in [0.2, 0.25) is 5.91 Å². The summed E-state index contributed by atoms with van der Waals surface area (Å²) in [4.78, 5) is 14.4. The van der Waals surface area contributed by atoms with E-state index >= 15 is 0 Å². The third kappa shape index (κ3) is 3.88. The van der Waals surface area contributed by atoms with Gasteiger partial charge in [0, 0.05) is 37.0 Å². The van der Waals surface area contributed by atoms with E-state index in [1.165, 1.54) is 5.56 Å². The number of amides is 1. The average molecular weight is 301 g/mol. The second kappa shape index (κ2) is 7.78. The van der Waals surface area contributed by atoms with Gasteiger partial charge in [-0.1, -0.05) is 25.1 Å². The van der Waals surface area contributed by atoms with Crippen LogP contribution in [0.2, 0.25) is 0 Å². The number of anilines is 1. The van der Waals surface area contributed by atoms with Crippen LogP contribution in [0, 0.1) is 5.92 Å². The summed E-state index contributed by atoms with van der Waals surface area (Å²) in [6.07, 6.45) is 2.04. The second-order valence-electron chi connectivity index (χ2n) is 4.65. The van der Waals surface area contributed by atoms with Gasteiger partial charge < -0.3 is 10.2 Å². The van der Waals surface area contributed by atoms with Crippen molar-refractivity contribution in [3.05, 3.63) is 29.8 Å². The number of benzene rings is 1. The predicted molar refractivity (Wildman–Crippen MR) is 85.3 cm³/mol. The monoisotopic (exact) mass is 300 g/mol. The van der Waals surface area contributed by atoms with Gasteiger partial charge in [0.1, 0.15) is 0 Å². The van der Waals surface area contributed by atoms with Crippen LogP contribution in [-0.2, 0) is 11.3 Å². The van der Waals surface area contributed by atoms with E-state index in [4.69, 9.17) is 0 Å². The lowest BCUT2D eigenvalue weighted by molar-refractivity contribution is -0.121. The number of hydrogen-bond acceptors (Lipinski definition) is 3. The van der Waals surface area contributed by atoms with Gasteiger partial charge in [0.25, 0.3) is 0 Å². The van der Waals surface area contributed by atoms with Crippen molar-refractivity contribution in [3.63, 3.8) is 0 Å². The van der Waals surface area contributed by atoms with E-state index in [2.05, 4.69) is 11.4 Å². The van der Waals surface area contributed by atoms with Crippen LogP contribution in [0.3, 0.4) is 0 Å². The van der Waals surface area contributed by atoms with E-state index < -0.39 is 0 Å². The molecule has 1 amide bonds. The largest absolute Gasteiger partial charge is 0.311 e. The van der Waals surface area contributed by atoms with Crippen LogP contribution >= 0.6 is 24.2 Å². The van der Waals surface area contributed by atoms with Gasteiger partial charge in [-0.3, -0.25) is 4.79 Å². The predicted octanol–water partition coefficient (Wildman–Crippen LogP) is 2.54. The first kappa shape index (κ1) is 16.3. The molecule has 1 aromatic carbocycles. The highest BCUT2D eigenvalue weighted by Crippen LogP contribution is 2.24. The summed E-state index contributed by atoms with van der Waals surface area (Å²) in [6, 6.07) is 8.17. The Morgan fingerprint density at radius 1 is 1.47 bits per heavy atom. The van der Waals surface area contributed by atoms with E-state index in [1.54, 1.807) is 11.8 Å². The molecule has 0 fully saturated rings. The fraction of sp³-hybridized carbons (Fsp3) is 0.500. The van der Waals surface area contributed by atoms with Crippen molar-refractivity contribution in [1.29, 1.82) is 0 Å². The van der Waals surface area contributed by atoms with Crippen LogP contribution in [0.4, 0.5) is 5.69 Å². The van der Waals surface area contributed by atoms with Crippen LogP contribution < -0.4 is 10.2 Å². The zero-order valence-corrected chi connectivity index (χ0v) is 13.0. The van der Waals surface area contributed by atoms with Gasteiger partial charge in [-0.05, 0) is 17.9 Å². The zero-order chi connectivity index (χ0) is 13.0. The lowest BCUT2D eigenvalue weighted by Crippen LogP contribution is -2.38. The van der Waals surface area contributed by atoms with Gasteiger partial charge in [-0.2, -0.15) is 11.8 Å². The number of nitrogens with one attached hydrogen (secondary N) is 1. The molecule has 5 heteroatoms. The minimum Gasteiger partial charge on any atom is -0.311 e. The number of nitrogens with zero attached hydrogens (tertiary/aromatic N) is 1. The van der Waals surface area contributed by atoms with Gasteiger partial charge >= 0.3 is 0 Å². The molecule has 1 heterocycles. The number of hydrogen-bond donors (Lipinski definition) is 1. The molecule has 2 rings (SSSR count). The number of halogens is 1. The summed E-state index contributed by atoms with van der Waals surface area (Å²) in [5.41, 5.74) is 2.28. The fourth-order valence-corrected chi connectivity index (χ4v) is 2.92. The molecule has 1 aliphatic heterocycles. The SMILES string of the molecule is CSCC(C)C(=O)N1CCNCc2ccccc21.Cl. The van der Waals surface area contributed by atoms with E-state index in [9.17, 15) is 4.79 Å². The molecule has 1 unspecified atom stereocenters. The number of thioether (sulfide) groups is 1. The number of para-hydroxylation sites is 1. The van der Waals surface area contributed by atoms with Crippen molar-refractivity contribution >= 4 is 35.8 Å². The minimum atomic E-state index is 0. The van der Waals surface area contributed by atoms with E-state index in [-0.39, 0.29) is 24.2 Å². The lowest BCUT2D eigenvalue weighted by atomic mass is 10.1. The number of carbonyl (C=O) groups is 1. The Morgan fingerprint density at radius 2 is 2.21 bits per heavy atom. The third-order valence-electron chi connectivity index (χ3n) is 3.21. The van der Waals surface area contributed by atoms with Gasteiger partial charge in [0.05, 0.1) is 0 Å². The smallest absolute Gasteiger partial charge is 0.230 e. The van der Waals surface area contributed by atoms with Crippen LogP contribution in [-0.4, -0.2) is 31.0 Å². The van der Waals surface area contributed by atoms with Gasteiger partial charge in [0.15, 0.2) is 0 Å². The van der Waals surface area contributed by atoms with E-state index in [0.29, 0.717) is 0 Å². The molecule has 0 aromatic heterocycles. The van der Waals surface area contributed by atoms with E-state index in [1.807, 2.05) is 36.3 Å². The van der Waals surface area contributed by atoms with Gasteiger partial charge in [-0.15, -0.1) is 12.4 Å². The van der Waals surface area contributed by atoms with Crippen LogP contribution in [0.25, 0.3) is 0 Å². The van der Waals surface area contributed by atoms with Crippen LogP contribution in [0.15, 0.2) is 24.3 Å². The van der Waals surface area contributed by atoms with Crippen LogP contribution in [0.1, 0.15) is 12.5 Å².